The van der Waals surface area contributed by atoms with Gasteiger partial charge in [-0.25, -0.2) is 4.79 Å². The Kier molecular flexibility index (Phi) is 6.06. The number of nitrogens with zero attached hydrogens (tertiary/aromatic N) is 3. The molecule has 1 aliphatic heterocycles. The monoisotopic (exact) mass is 333 g/mol. The minimum atomic E-state index is -0.456. The maximum atomic E-state index is 12.2. The van der Waals surface area contributed by atoms with Crippen molar-refractivity contribution in [1.82, 2.24) is 9.88 Å². The van der Waals surface area contributed by atoms with Crippen LogP contribution in [0.1, 0.15) is 33.6 Å². The van der Waals surface area contributed by atoms with E-state index in [2.05, 4.69) is 16.5 Å². The van der Waals surface area contributed by atoms with E-state index in [1.165, 1.54) is 6.26 Å². The van der Waals surface area contributed by atoms with E-state index >= 15 is 0 Å². The van der Waals surface area contributed by atoms with Gasteiger partial charge in [0.15, 0.2) is 0 Å². The van der Waals surface area contributed by atoms with Crippen LogP contribution < -0.4 is 9.64 Å². The highest BCUT2D eigenvalue weighted by Crippen LogP contribution is 2.21. The zero-order chi connectivity index (χ0) is 17.6. The number of hydrogen-bond donors (Lipinski definition) is 0. The second-order valence-electron chi connectivity index (χ2n) is 6.82. The standard InChI is InChI=1S/C18H27N3O3/c1-5-23-16-12-15(13-19-14-16)20-8-6-10-21(11-7-9-20)17(22)24-18(2,3)4/h5,12-14H,1,6-11H2,2-4H3. The van der Waals surface area contributed by atoms with Crippen molar-refractivity contribution >= 4 is 11.8 Å². The average Bonchev–Trinajstić information content (AvgIpc) is 2.45. The molecule has 1 amide bonds. The summed E-state index contributed by atoms with van der Waals surface area (Å²) in [6, 6.07) is 1.96. The molecule has 0 saturated carbocycles. The van der Waals surface area contributed by atoms with E-state index in [1.807, 2.05) is 33.0 Å². The highest BCUT2D eigenvalue weighted by Gasteiger charge is 2.23. The number of carbonyl (C=O) groups excluding carboxylic acids is 1. The predicted molar refractivity (Wildman–Crippen MR) is 94.3 cm³/mol. The first kappa shape index (κ1) is 18.1. The van der Waals surface area contributed by atoms with Gasteiger partial charge in [-0.2, -0.15) is 0 Å². The van der Waals surface area contributed by atoms with Crippen LogP contribution >= 0.6 is 0 Å². The molecular formula is C18H27N3O3. The van der Waals surface area contributed by atoms with Crippen molar-refractivity contribution in [3.05, 3.63) is 31.3 Å². The second kappa shape index (κ2) is 8.04. The van der Waals surface area contributed by atoms with E-state index in [0.29, 0.717) is 18.8 Å². The quantitative estimate of drug-likeness (QED) is 0.793. The second-order valence-corrected chi connectivity index (χ2v) is 6.82. The van der Waals surface area contributed by atoms with Crippen molar-refractivity contribution in [1.29, 1.82) is 0 Å². The van der Waals surface area contributed by atoms with Crippen molar-refractivity contribution in [3.8, 4) is 5.75 Å². The van der Waals surface area contributed by atoms with Crippen LogP contribution in [0.5, 0.6) is 5.75 Å². The van der Waals surface area contributed by atoms with Crippen LogP contribution in [0.3, 0.4) is 0 Å². The third-order valence-corrected chi connectivity index (χ3v) is 3.65. The van der Waals surface area contributed by atoms with Crippen LogP contribution in [0.2, 0.25) is 0 Å². The molecule has 6 nitrogen and oxygen atoms in total. The third-order valence-electron chi connectivity index (χ3n) is 3.65. The van der Waals surface area contributed by atoms with Crippen LogP contribution in [-0.2, 0) is 4.74 Å². The van der Waals surface area contributed by atoms with Crippen LogP contribution in [0, 0.1) is 0 Å². The molecule has 1 aromatic heterocycles. The molecular weight excluding hydrogens is 306 g/mol. The van der Waals surface area contributed by atoms with Crippen LogP contribution in [0.25, 0.3) is 0 Å². The van der Waals surface area contributed by atoms with Gasteiger partial charge in [0.25, 0.3) is 0 Å². The van der Waals surface area contributed by atoms with Gasteiger partial charge >= 0.3 is 6.09 Å². The Morgan fingerprint density at radius 3 is 2.46 bits per heavy atom. The Bertz CT molecular complexity index is 559. The molecule has 0 aliphatic carbocycles. The molecule has 6 heteroatoms. The summed E-state index contributed by atoms with van der Waals surface area (Å²) in [4.78, 5) is 20.5. The van der Waals surface area contributed by atoms with E-state index < -0.39 is 5.60 Å². The van der Waals surface area contributed by atoms with Crippen molar-refractivity contribution in [2.24, 2.45) is 0 Å². The molecule has 0 bridgehead atoms. The molecule has 0 aromatic carbocycles. The van der Waals surface area contributed by atoms with Gasteiger partial charge in [-0.3, -0.25) is 4.98 Å². The Morgan fingerprint density at radius 1 is 1.21 bits per heavy atom. The van der Waals surface area contributed by atoms with Gasteiger partial charge < -0.3 is 19.3 Å². The molecule has 132 valence electrons. The predicted octanol–water partition coefficient (Wildman–Crippen LogP) is 3.44. The first-order valence-corrected chi connectivity index (χ1v) is 8.34. The number of amides is 1. The Hall–Kier alpha value is -2.24. The Labute approximate surface area is 144 Å². The van der Waals surface area contributed by atoms with Gasteiger partial charge in [0.2, 0.25) is 0 Å². The molecule has 0 unspecified atom stereocenters. The largest absolute Gasteiger partial charge is 0.464 e. The first-order chi connectivity index (χ1) is 11.4. The number of ether oxygens (including phenoxy) is 2. The molecule has 1 saturated heterocycles. The van der Waals surface area contributed by atoms with E-state index in [0.717, 1.165) is 31.6 Å². The summed E-state index contributed by atoms with van der Waals surface area (Å²) < 4.78 is 10.8. The molecule has 0 radical (unpaired) electrons. The van der Waals surface area contributed by atoms with E-state index in [1.54, 1.807) is 11.1 Å². The smallest absolute Gasteiger partial charge is 0.410 e. The lowest BCUT2D eigenvalue weighted by Crippen LogP contribution is -2.42. The van der Waals surface area contributed by atoms with Crippen molar-refractivity contribution in [3.63, 3.8) is 0 Å². The summed E-state index contributed by atoms with van der Waals surface area (Å²) in [6.45, 7) is 12.3. The Morgan fingerprint density at radius 2 is 1.88 bits per heavy atom. The van der Waals surface area contributed by atoms with E-state index in [9.17, 15) is 4.79 Å². The minimum Gasteiger partial charge on any atom is -0.464 e. The highest BCUT2D eigenvalue weighted by atomic mass is 16.6. The van der Waals surface area contributed by atoms with Gasteiger partial charge in [-0.15, -0.1) is 0 Å². The normalized spacial score (nSPS) is 16.1. The fraction of sp³-hybridized carbons (Fsp3) is 0.556. The summed E-state index contributed by atoms with van der Waals surface area (Å²) in [5.41, 5.74) is 0.572. The summed E-state index contributed by atoms with van der Waals surface area (Å²) in [6.07, 6.45) is 6.44. The maximum absolute atomic E-state index is 12.2. The molecule has 2 heterocycles. The molecule has 1 aromatic rings. The fourth-order valence-electron chi connectivity index (χ4n) is 2.64. The Balaban J connectivity index is 1.93. The summed E-state index contributed by atoms with van der Waals surface area (Å²) in [7, 11) is 0. The number of anilines is 1. The minimum absolute atomic E-state index is 0.223. The van der Waals surface area contributed by atoms with Gasteiger partial charge in [0.05, 0.1) is 24.3 Å². The molecule has 0 atom stereocenters. The maximum Gasteiger partial charge on any atom is 0.410 e. The number of rotatable bonds is 3. The molecule has 1 aliphatic rings. The van der Waals surface area contributed by atoms with Crippen LogP contribution in [0.15, 0.2) is 31.3 Å². The van der Waals surface area contributed by atoms with Crippen LogP contribution in [-0.4, -0.2) is 47.8 Å². The van der Waals surface area contributed by atoms with E-state index in [4.69, 9.17) is 9.47 Å². The van der Waals surface area contributed by atoms with Crippen molar-refractivity contribution in [2.45, 2.75) is 39.2 Å². The summed E-state index contributed by atoms with van der Waals surface area (Å²) >= 11 is 0. The fourth-order valence-corrected chi connectivity index (χ4v) is 2.64. The molecule has 24 heavy (non-hydrogen) atoms. The topological polar surface area (TPSA) is 54.9 Å². The first-order valence-electron chi connectivity index (χ1n) is 8.34. The summed E-state index contributed by atoms with van der Waals surface area (Å²) in [5.74, 6) is 0.681. The van der Waals surface area contributed by atoms with Crippen molar-refractivity contribution < 1.29 is 14.3 Å². The number of pyridine rings is 1. The van der Waals surface area contributed by atoms with Gasteiger partial charge in [0.1, 0.15) is 11.4 Å². The lowest BCUT2D eigenvalue weighted by atomic mass is 10.2. The number of carbonyl (C=O) groups is 1. The zero-order valence-electron chi connectivity index (χ0n) is 14.8. The van der Waals surface area contributed by atoms with Gasteiger partial charge in [-0.1, -0.05) is 6.58 Å². The highest BCUT2D eigenvalue weighted by molar-refractivity contribution is 5.68. The average molecular weight is 333 g/mol. The number of hydrogen-bond acceptors (Lipinski definition) is 5. The third kappa shape index (κ3) is 5.44. The lowest BCUT2D eigenvalue weighted by Gasteiger charge is -2.32. The van der Waals surface area contributed by atoms with Gasteiger partial charge in [0, 0.05) is 32.2 Å². The molecule has 0 spiro atoms. The lowest BCUT2D eigenvalue weighted by molar-refractivity contribution is 0.0242. The van der Waals surface area contributed by atoms with Crippen molar-refractivity contribution in [2.75, 3.05) is 31.1 Å². The molecule has 2 rings (SSSR count). The van der Waals surface area contributed by atoms with Crippen LogP contribution in [0.4, 0.5) is 10.5 Å². The molecule has 0 N–H and O–H groups in total. The number of aromatic nitrogens is 1. The molecule has 1 fully saturated rings. The summed E-state index contributed by atoms with van der Waals surface area (Å²) in [5, 5.41) is 0. The van der Waals surface area contributed by atoms with E-state index in [-0.39, 0.29) is 6.09 Å². The van der Waals surface area contributed by atoms with Gasteiger partial charge in [-0.05, 0) is 33.6 Å². The SMILES string of the molecule is C=COc1cncc(N2CCCN(C(=O)OC(C)(C)C)CCC2)c1. The zero-order valence-corrected chi connectivity index (χ0v) is 14.8.